The Bertz CT molecular complexity index is 232. The molecule has 0 amide bonds. The van der Waals surface area contributed by atoms with Crippen LogP contribution in [0.15, 0.2) is 0 Å². The van der Waals surface area contributed by atoms with Crippen LogP contribution in [0.1, 0.15) is 53.9 Å². The monoisotopic (exact) mass is 271 g/mol. The number of hydrogen-bond donors (Lipinski definition) is 1. The lowest BCUT2D eigenvalue weighted by molar-refractivity contribution is 0.166. The first-order valence-corrected chi connectivity index (χ1v) is 8.31. The Hall–Kier alpha value is 0.310. The second-order valence-electron chi connectivity index (χ2n) is 7.48. The van der Waals surface area contributed by atoms with E-state index in [0.29, 0.717) is 11.3 Å². The highest BCUT2D eigenvalue weighted by Gasteiger charge is 2.27. The highest BCUT2D eigenvalue weighted by molar-refractivity contribution is 7.80. The van der Waals surface area contributed by atoms with E-state index < -0.39 is 0 Å². The van der Waals surface area contributed by atoms with E-state index in [1.54, 1.807) is 0 Å². The van der Waals surface area contributed by atoms with Gasteiger partial charge in [-0.1, -0.05) is 34.6 Å². The average Bonchev–Trinajstić information content (AvgIpc) is 2.49. The predicted octanol–water partition coefficient (Wildman–Crippen LogP) is 4.34. The third-order valence-electron chi connectivity index (χ3n) is 4.73. The van der Waals surface area contributed by atoms with Crippen LogP contribution in [-0.4, -0.2) is 30.3 Å². The van der Waals surface area contributed by atoms with Crippen molar-refractivity contribution in [3.05, 3.63) is 0 Å². The molecule has 0 aromatic carbocycles. The molecule has 1 fully saturated rings. The van der Waals surface area contributed by atoms with Crippen LogP contribution in [-0.2, 0) is 0 Å². The molecule has 108 valence electrons. The van der Waals surface area contributed by atoms with Gasteiger partial charge in [-0.2, -0.15) is 12.6 Å². The Kier molecular flexibility index (Phi) is 6.54. The van der Waals surface area contributed by atoms with Gasteiger partial charge in [0, 0.05) is 6.54 Å². The van der Waals surface area contributed by atoms with Gasteiger partial charge in [-0.15, -0.1) is 0 Å². The molecule has 0 saturated carbocycles. The van der Waals surface area contributed by atoms with Crippen molar-refractivity contribution in [3.8, 4) is 0 Å². The molecule has 1 nitrogen and oxygen atoms in total. The van der Waals surface area contributed by atoms with E-state index in [1.807, 2.05) is 0 Å². The lowest BCUT2D eigenvalue weighted by Crippen LogP contribution is -2.37. The molecule has 1 heterocycles. The zero-order valence-corrected chi connectivity index (χ0v) is 14.0. The molecular weight excluding hydrogens is 238 g/mol. The van der Waals surface area contributed by atoms with E-state index in [-0.39, 0.29) is 0 Å². The number of hydrogen-bond acceptors (Lipinski definition) is 2. The summed E-state index contributed by atoms with van der Waals surface area (Å²) in [6.45, 7) is 15.6. The third-order valence-corrected chi connectivity index (χ3v) is 5.17. The molecule has 1 saturated heterocycles. The Balaban J connectivity index is 2.48. The van der Waals surface area contributed by atoms with Crippen molar-refractivity contribution >= 4 is 12.6 Å². The molecule has 2 atom stereocenters. The second kappa shape index (κ2) is 7.19. The highest BCUT2D eigenvalue weighted by Crippen LogP contribution is 2.30. The molecule has 0 aliphatic carbocycles. The summed E-state index contributed by atoms with van der Waals surface area (Å²) >= 11 is 4.56. The molecule has 0 N–H and O–H groups in total. The first kappa shape index (κ1) is 16.4. The molecule has 2 unspecified atom stereocenters. The number of rotatable bonds is 4. The van der Waals surface area contributed by atoms with Crippen molar-refractivity contribution in [1.29, 1.82) is 0 Å². The maximum absolute atomic E-state index is 4.56. The smallest absolute Gasteiger partial charge is 0.00225 e. The Labute approximate surface area is 120 Å². The van der Waals surface area contributed by atoms with Crippen LogP contribution in [0.5, 0.6) is 0 Å². The molecule has 0 aromatic heterocycles. The fraction of sp³-hybridized carbons (Fsp3) is 1.00. The molecule has 1 aliphatic heterocycles. The highest BCUT2D eigenvalue weighted by atomic mass is 32.1. The molecule has 0 aromatic rings. The first-order chi connectivity index (χ1) is 8.34. The van der Waals surface area contributed by atoms with E-state index in [0.717, 1.165) is 17.6 Å². The third kappa shape index (κ3) is 5.13. The standard InChI is InChI=1S/C16H33NS/c1-13(2)14-7-6-9-17(10-8-14)11-15(12-18)16(3,4)5/h13-15,18H,6-12H2,1-5H3. The summed E-state index contributed by atoms with van der Waals surface area (Å²) in [6.07, 6.45) is 4.20. The maximum Gasteiger partial charge on any atom is 0.00225 e. The topological polar surface area (TPSA) is 3.24 Å². The first-order valence-electron chi connectivity index (χ1n) is 7.67. The maximum atomic E-state index is 4.56. The van der Waals surface area contributed by atoms with Crippen LogP contribution >= 0.6 is 12.6 Å². The zero-order valence-electron chi connectivity index (χ0n) is 13.1. The SMILES string of the molecule is CC(C)C1CCCN(CC(CS)C(C)(C)C)CC1. The molecule has 1 rings (SSSR count). The van der Waals surface area contributed by atoms with Crippen LogP contribution < -0.4 is 0 Å². The van der Waals surface area contributed by atoms with Gasteiger partial charge in [0.1, 0.15) is 0 Å². The molecule has 0 spiro atoms. The van der Waals surface area contributed by atoms with Crippen LogP contribution in [0, 0.1) is 23.2 Å². The van der Waals surface area contributed by atoms with Gasteiger partial charge in [-0.05, 0) is 61.3 Å². The van der Waals surface area contributed by atoms with Gasteiger partial charge in [-0.3, -0.25) is 0 Å². The summed E-state index contributed by atoms with van der Waals surface area (Å²) < 4.78 is 0. The largest absolute Gasteiger partial charge is 0.303 e. The van der Waals surface area contributed by atoms with Gasteiger partial charge in [0.25, 0.3) is 0 Å². The second-order valence-corrected chi connectivity index (χ2v) is 7.85. The summed E-state index contributed by atoms with van der Waals surface area (Å²) in [5.41, 5.74) is 0.380. The summed E-state index contributed by atoms with van der Waals surface area (Å²) in [5.74, 6) is 3.51. The summed E-state index contributed by atoms with van der Waals surface area (Å²) in [7, 11) is 0. The molecule has 0 radical (unpaired) electrons. The predicted molar refractivity (Wildman–Crippen MR) is 85.4 cm³/mol. The lowest BCUT2D eigenvalue weighted by atomic mass is 9.81. The van der Waals surface area contributed by atoms with Crippen molar-refractivity contribution in [3.63, 3.8) is 0 Å². The van der Waals surface area contributed by atoms with Gasteiger partial charge in [-0.25, -0.2) is 0 Å². The minimum absolute atomic E-state index is 0.380. The van der Waals surface area contributed by atoms with E-state index in [4.69, 9.17) is 0 Å². The van der Waals surface area contributed by atoms with Gasteiger partial charge >= 0.3 is 0 Å². The van der Waals surface area contributed by atoms with E-state index in [9.17, 15) is 0 Å². The van der Waals surface area contributed by atoms with Gasteiger partial charge in [0.2, 0.25) is 0 Å². The van der Waals surface area contributed by atoms with Crippen LogP contribution in [0.3, 0.4) is 0 Å². The van der Waals surface area contributed by atoms with E-state index >= 15 is 0 Å². The van der Waals surface area contributed by atoms with Gasteiger partial charge in [0.15, 0.2) is 0 Å². The van der Waals surface area contributed by atoms with Crippen LogP contribution in [0.4, 0.5) is 0 Å². The molecule has 0 bridgehead atoms. The minimum Gasteiger partial charge on any atom is -0.303 e. The van der Waals surface area contributed by atoms with Gasteiger partial charge in [0.05, 0.1) is 0 Å². The molecule has 18 heavy (non-hydrogen) atoms. The Morgan fingerprint density at radius 2 is 1.83 bits per heavy atom. The number of likely N-dealkylation sites (tertiary alicyclic amines) is 1. The van der Waals surface area contributed by atoms with Crippen molar-refractivity contribution in [1.82, 2.24) is 4.90 Å². The summed E-state index contributed by atoms with van der Waals surface area (Å²) in [4.78, 5) is 2.69. The Morgan fingerprint density at radius 1 is 1.17 bits per heavy atom. The summed E-state index contributed by atoms with van der Waals surface area (Å²) in [5, 5.41) is 0. The summed E-state index contributed by atoms with van der Waals surface area (Å²) in [6, 6.07) is 0. The van der Waals surface area contributed by atoms with Gasteiger partial charge < -0.3 is 4.90 Å². The molecule has 1 aliphatic rings. The average molecular weight is 272 g/mol. The van der Waals surface area contributed by atoms with E-state index in [1.165, 1.54) is 38.9 Å². The quantitative estimate of drug-likeness (QED) is 0.745. The Morgan fingerprint density at radius 3 is 2.33 bits per heavy atom. The molecular formula is C16H33NS. The van der Waals surface area contributed by atoms with Crippen LogP contribution in [0.2, 0.25) is 0 Å². The van der Waals surface area contributed by atoms with Crippen LogP contribution in [0.25, 0.3) is 0 Å². The normalized spacial score (nSPS) is 25.2. The fourth-order valence-corrected chi connectivity index (χ4v) is 3.61. The van der Waals surface area contributed by atoms with Crippen molar-refractivity contribution in [2.75, 3.05) is 25.4 Å². The van der Waals surface area contributed by atoms with Crippen molar-refractivity contribution in [2.45, 2.75) is 53.9 Å². The lowest BCUT2D eigenvalue weighted by Gasteiger charge is -2.34. The number of thiol groups is 1. The minimum atomic E-state index is 0.380. The number of nitrogens with zero attached hydrogens (tertiary/aromatic N) is 1. The van der Waals surface area contributed by atoms with Crippen molar-refractivity contribution < 1.29 is 0 Å². The van der Waals surface area contributed by atoms with E-state index in [2.05, 4.69) is 52.1 Å². The zero-order chi connectivity index (χ0) is 13.8. The fourth-order valence-electron chi connectivity index (χ4n) is 2.95. The van der Waals surface area contributed by atoms with Crippen molar-refractivity contribution in [2.24, 2.45) is 23.2 Å². The molecule has 2 heteroatoms.